The Bertz CT molecular complexity index is 993. The Morgan fingerprint density at radius 3 is 2.73 bits per heavy atom. The monoisotopic (exact) mass is 534 g/mol. The van der Waals surface area contributed by atoms with Crippen molar-refractivity contribution in [3.8, 4) is 11.5 Å². The van der Waals surface area contributed by atoms with E-state index in [4.69, 9.17) is 18.9 Å². The fourth-order valence-corrected chi connectivity index (χ4v) is 6.29. The molecule has 5 atom stereocenters. The van der Waals surface area contributed by atoms with Crippen LogP contribution in [0.25, 0.3) is 0 Å². The molecule has 2 amide bonds. The maximum atomic E-state index is 13.6. The highest BCUT2D eigenvalue weighted by molar-refractivity contribution is 7.98. The summed E-state index contributed by atoms with van der Waals surface area (Å²) in [5.41, 5.74) is -0.0227. The van der Waals surface area contributed by atoms with Gasteiger partial charge in [0.05, 0.1) is 19.3 Å². The number of methoxy groups -OCH3 is 1. The Kier molecular flexibility index (Phi) is 8.24. The van der Waals surface area contributed by atoms with Crippen LogP contribution in [-0.4, -0.2) is 72.5 Å². The third-order valence-electron chi connectivity index (χ3n) is 7.61. The lowest BCUT2D eigenvalue weighted by Crippen LogP contribution is -2.58. The number of alkyl carbamates (subject to hydrolysis) is 1. The Labute approximate surface area is 225 Å². The van der Waals surface area contributed by atoms with Crippen LogP contribution in [0.2, 0.25) is 0 Å². The third kappa shape index (κ3) is 6.14. The van der Waals surface area contributed by atoms with Crippen molar-refractivity contribution in [3.63, 3.8) is 0 Å². The van der Waals surface area contributed by atoms with Crippen molar-refractivity contribution < 1.29 is 28.5 Å². The standard InChI is InChI=1S/C28H42N2O6S/c1-27(2,3)36-26(32)29-20(12-14-37-7)25(31)30-13-11-21-17(16-30)15-19-23(34-21)18-9-8-10-22(33-6)24(18)35-28(19,4)5/h8-10,17,19-21,23H,11-16H2,1-7H3,(H,29,32)/t17-,19+,20-,21+,23-/m1/s1. The minimum atomic E-state index is -0.622. The van der Waals surface area contributed by atoms with E-state index in [1.807, 2.05) is 44.1 Å². The van der Waals surface area contributed by atoms with Crippen molar-refractivity contribution in [2.45, 2.75) is 83.3 Å². The quantitative estimate of drug-likeness (QED) is 0.561. The number of likely N-dealkylation sites (tertiary alicyclic amines) is 1. The number of benzene rings is 1. The molecule has 9 heteroatoms. The molecule has 206 valence electrons. The molecule has 1 N–H and O–H groups in total. The number of ether oxygens (including phenoxy) is 4. The lowest BCUT2D eigenvalue weighted by atomic mass is 9.70. The Morgan fingerprint density at radius 1 is 1.30 bits per heavy atom. The normalized spacial score (nSPS) is 27.1. The molecule has 0 aromatic heterocycles. The van der Waals surface area contributed by atoms with Gasteiger partial charge in [-0.3, -0.25) is 4.79 Å². The Hall–Kier alpha value is -2.13. The zero-order valence-corrected chi connectivity index (χ0v) is 24.0. The second-order valence-electron chi connectivity index (χ2n) is 11.8. The van der Waals surface area contributed by atoms with E-state index >= 15 is 0 Å². The van der Waals surface area contributed by atoms with Crippen LogP contribution in [0.1, 0.15) is 65.5 Å². The van der Waals surface area contributed by atoms with E-state index in [-0.39, 0.29) is 30.0 Å². The summed E-state index contributed by atoms with van der Waals surface area (Å²) in [5, 5.41) is 2.83. The number of carbonyl (C=O) groups is 2. The van der Waals surface area contributed by atoms with Crippen molar-refractivity contribution in [2.75, 3.05) is 32.2 Å². The minimum absolute atomic E-state index is 0.0466. The second kappa shape index (κ2) is 10.9. The molecule has 0 radical (unpaired) electrons. The minimum Gasteiger partial charge on any atom is -0.493 e. The number of nitrogens with one attached hydrogen (secondary N) is 1. The summed E-state index contributed by atoms with van der Waals surface area (Å²) < 4.78 is 24.2. The summed E-state index contributed by atoms with van der Waals surface area (Å²) in [6.45, 7) is 10.9. The lowest BCUT2D eigenvalue weighted by Gasteiger charge is -2.53. The number of nitrogens with zero attached hydrogens (tertiary/aromatic N) is 1. The van der Waals surface area contributed by atoms with Crippen LogP contribution in [0.3, 0.4) is 0 Å². The van der Waals surface area contributed by atoms with Crippen LogP contribution in [0.15, 0.2) is 18.2 Å². The zero-order valence-electron chi connectivity index (χ0n) is 23.2. The average molecular weight is 535 g/mol. The molecule has 3 aliphatic rings. The van der Waals surface area contributed by atoms with Crippen molar-refractivity contribution >= 4 is 23.8 Å². The topological polar surface area (TPSA) is 86.3 Å². The Balaban J connectivity index is 1.48. The molecule has 1 aromatic rings. The fourth-order valence-electron chi connectivity index (χ4n) is 5.82. The number of hydrogen-bond donors (Lipinski definition) is 1. The SMILES string of the molecule is COc1cccc2c1OC(C)(C)[C@H]1C[C@@H]3CN(C(=O)[C@@H](CCSC)NC(=O)OC(C)(C)C)CC[C@@H]3O[C@H]21. The van der Waals surface area contributed by atoms with Gasteiger partial charge in [-0.2, -0.15) is 11.8 Å². The molecular formula is C28H42N2O6S. The van der Waals surface area contributed by atoms with Crippen LogP contribution in [0.4, 0.5) is 4.79 Å². The molecule has 4 rings (SSSR count). The van der Waals surface area contributed by atoms with E-state index in [2.05, 4.69) is 25.2 Å². The van der Waals surface area contributed by atoms with E-state index in [9.17, 15) is 9.59 Å². The van der Waals surface area contributed by atoms with Crippen LogP contribution in [-0.2, 0) is 14.3 Å². The molecule has 0 aliphatic carbocycles. The van der Waals surface area contributed by atoms with Gasteiger partial charge < -0.3 is 29.2 Å². The van der Waals surface area contributed by atoms with Gasteiger partial charge >= 0.3 is 6.09 Å². The molecule has 0 spiro atoms. The predicted octanol–water partition coefficient (Wildman–Crippen LogP) is 4.81. The number of rotatable bonds is 6. The molecule has 2 saturated heterocycles. The van der Waals surface area contributed by atoms with Crippen molar-refractivity contribution in [1.29, 1.82) is 0 Å². The highest BCUT2D eigenvalue weighted by Gasteiger charge is 2.52. The summed E-state index contributed by atoms with van der Waals surface area (Å²) in [7, 11) is 1.66. The summed E-state index contributed by atoms with van der Waals surface area (Å²) in [6, 6.07) is 5.37. The van der Waals surface area contributed by atoms with E-state index < -0.39 is 23.3 Å². The van der Waals surface area contributed by atoms with Crippen molar-refractivity contribution in [3.05, 3.63) is 23.8 Å². The van der Waals surface area contributed by atoms with Gasteiger partial charge in [-0.1, -0.05) is 12.1 Å². The highest BCUT2D eigenvalue weighted by Crippen LogP contribution is 2.55. The smallest absolute Gasteiger partial charge is 0.408 e. The molecule has 37 heavy (non-hydrogen) atoms. The van der Waals surface area contributed by atoms with Gasteiger partial charge in [-0.15, -0.1) is 0 Å². The first kappa shape index (κ1) is 27.9. The second-order valence-corrected chi connectivity index (χ2v) is 12.8. The number of fused-ring (bicyclic) bond motifs is 4. The van der Waals surface area contributed by atoms with E-state index in [1.165, 1.54) is 0 Å². The lowest BCUT2D eigenvalue weighted by molar-refractivity contribution is -0.189. The highest BCUT2D eigenvalue weighted by atomic mass is 32.2. The first-order valence-corrected chi connectivity index (χ1v) is 14.6. The van der Waals surface area contributed by atoms with Crippen LogP contribution in [0, 0.1) is 11.8 Å². The van der Waals surface area contributed by atoms with Gasteiger partial charge in [0, 0.05) is 30.5 Å². The summed E-state index contributed by atoms with van der Waals surface area (Å²) in [5.74, 6) is 2.58. The van der Waals surface area contributed by atoms with Gasteiger partial charge in [-0.05, 0) is 72.0 Å². The van der Waals surface area contributed by atoms with E-state index in [0.717, 1.165) is 35.7 Å². The first-order valence-electron chi connectivity index (χ1n) is 13.2. The van der Waals surface area contributed by atoms with Gasteiger partial charge in [0.2, 0.25) is 5.91 Å². The first-order chi connectivity index (χ1) is 17.4. The molecule has 3 heterocycles. The molecule has 0 unspecified atom stereocenters. The number of amides is 2. The maximum absolute atomic E-state index is 13.6. The molecule has 2 fully saturated rings. The van der Waals surface area contributed by atoms with Gasteiger partial charge in [0.25, 0.3) is 0 Å². The van der Waals surface area contributed by atoms with Crippen molar-refractivity contribution in [2.24, 2.45) is 11.8 Å². The summed E-state index contributed by atoms with van der Waals surface area (Å²) >= 11 is 1.66. The maximum Gasteiger partial charge on any atom is 0.408 e. The molecule has 3 aliphatic heterocycles. The summed E-state index contributed by atoms with van der Waals surface area (Å²) in [4.78, 5) is 28.0. The zero-order chi connectivity index (χ0) is 27.0. The molecular weight excluding hydrogens is 492 g/mol. The summed E-state index contributed by atoms with van der Waals surface area (Å²) in [6.07, 6.45) is 3.67. The number of para-hydroxylation sites is 1. The number of thioether (sulfide) groups is 1. The van der Waals surface area contributed by atoms with Crippen LogP contribution >= 0.6 is 11.8 Å². The average Bonchev–Trinajstić information content (AvgIpc) is 2.83. The number of carbonyl (C=O) groups excluding carboxylic acids is 2. The fraction of sp³-hybridized carbons (Fsp3) is 0.714. The van der Waals surface area contributed by atoms with Crippen LogP contribution in [0.5, 0.6) is 11.5 Å². The number of piperidine rings is 1. The van der Waals surface area contributed by atoms with Crippen molar-refractivity contribution in [1.82, 2.24) is 10.2 Å². The Morgan fingerprint density at radius 2 is 2.05 bits per heavy atom. The molecule has 0 bridgehead atoms. The largest absolute Gasteiger partial charge is 0.493 e. The third-order valence-corrected chi connectivity index (χ3v) is 8.26. The van der Waals surface area contributed by atoms with Gasteiger partial charge in [0.15, 0.2) is 11.5 Å². The van der Waals surface area contributed by atoms with Gasteiger partial charge in [0.1, 0.15) is 17.2 Å². The molecule has 1 aromatic carbocycles. The molecule has 8 nitrogen and oxygen atoms in total. The molecule has 0 saturated carbocycles. The van der Waals surface area contributed by atoms with Gasteiger partial charge in [-0.25, -0.2) is 4.79 Å². The predicted molar refractivity (Wildman–Crippen MR) is 144 cm³/mol. The van der Waals surface area contributed by atoms with E-state index in [0.29, 0.717) is 19.5 Å². The van der Waals surface area contributed by atoms with Crippen LogP contribution < -0.4 is 14.8 Å². The number of hydrogen-bond acceptors (Lipinski definition) is 7. The van der Waals surface area contributed by atoms with E-state index in [1.54, 1.807) is 18.9 Å².